The number of benzene rings is 1. The van der Waals surface area contributed by atoms with E-state index in [1.165, 1.54) is 7.11 Å². The Kier molecular flexibility index (Phi) is 6.35. The summed E-state index contributed by atoms with van der Waals surface area (Å²) in [7, 11) is 1.40. The summed E-state index contributed by atoms with van der Waals surface area (Å²) in [4.78, 5) is 36.8. The quantitative estimate of drug-likeness (QED) is 0.630. The second-order valence-electron chi connectivity index (χ2n) is 8.47. The van der Waals surface area contributed by atoms with Crippen molar-refractivity contribution in [2.75, 3.05) is 13.7 Å². The minimum Gasteiger partial charge on any atom is -0.478 e. The van der Waals surface area contributed by atoms with Crippen LogP contribution in [0.4, 0.5) is 0 Å². The molecule has 1 heterocycles. The number of rotatable bonds is 7. The van der Waals surface area contributed by atoms with Gasteiger partial charge in [-0.15, -0.1) is 0 Å². The highest BCUT2D eigenvalue weighted by Crippen LogP contribution is 2.47. The van der Waals surface area contributed by atoms with Gasteiger partial charge in [-0.25, -0.2) is 9.59 Å². The number of methoxy groups -OCH3 is 1. The molecule has 0 spiro atoms. The third-order valence-corrected chi connectivity index (χ3v) is 6.64. The van der Waals surface area contributed by atoms with E-state index in [2.05, 4.69) is 0 Å². The molecule has 0 radical (unpaired) electrons. The minimum absolute atomic E-state index is 0.0140. The van der Waals surface area contributed by atoms with Crippen LogP contribution in [0.1, 0.15) is 79.4 Å². The van der Waals surface area contributed by atoms with Crippen molar-refractivity contribution in [3.8, 4) is 0 Å². The van der Waals surface area contributed by atoms with Crippen LogP contribution in [0.5, 0.6) is 0 Å². The van der Waals surface area contributed by atoms with E-state index in [1.54, 1.807) is 19.1 Å². The van der Waals surface area contributed by atoms with Gasteiger partial charge in [0.2, 0.25) is 0 Å². The normalized spacial score (nSPS) is 16.7. The number of esters is 2. The fourth-order valence-electron chi connectivity index (χ4n) is 5.32. The van der Waals surface area contributed by atoms with E-state index in [9.17, 15) is 19.5 Å². The van der Waals surface area contributed by atoms with Crippen LogP contribution in [0.15, 0.2) is 23.8 Å². The van der Waals surface area contributed by atoms with E-state index < -0.39 is 5.97 Å². The Hall–Kier alpha value is -3.09. The van der Waals surface area contributed by atoms with Crippen molar-refractivity contribution in [3.05, 3.63) is 40.6 Å². The largest absolute Gasteiger partial charge is 0.478 e. The van der Waals surface area contributed by atoms with Gasteiger partial charge in [0.05, 0.1) is 24.8 Å². The summed E-state index contributed by atoms with van der Waals surface area (Å²) in [5, 5.41) is 10.5. The van der Waals surface area contributed by atoms with Gasteiger partial charge in [0.25, 0.3) is 0 Å². The van der Waals surface area contributed by atoms with E-state index in [-0.39, 0.29) is 36.6 Å². The van der Waals surface area contributed by atoms with Crippen molar-refractivity contribution in [3.63, 3.8) is 0 Å². The summed E-state index contributed by atoms with van der Waals surface area (Å²) in [6, 6.07) is 5.04. The average Bonchev–Trinajstić information content (AvgIpc) is 3.52. The molecule has 1 saturated carbocycles. The van der Waals surface area contributed by atoms with Crippen LogP contribution in [-0.4, -0.2) is 41.3 Å². The van der Waals surface area contributed by atoms with Gasteiger partial charge in [-0.2, -0.15) is 0 Å². The maximum absolute atomic E-state index is 12.5. The Labute approximate surface area is 187 Å². The number of allylic oxidation sites excluding steroid dienone is 1. The second-order valence-corrected chi connectivity index (χ2v) is 8.47. The van der Waals surface area contributed by atoms with Crippen molar-refractivity contribution in [1.29, 1.82) is 0 Å². The summed E-state index contributed by atoms with van der Waals surface area (Å²) in [6.07, 6.45) is 6.48. The lowest BCUT2D eigenvalue weighted by atomic mass is 9.91. The first-order chi connectivity index (χ1) is 15.5. The average molecular weight is 440 g/mol. The predicted octanol–water partition coefficient (Wildman–Crippen LogP) is 4.67. The zero-order valence-electron chi connectivity index (χ0n) is 18.6. The van der Waals surface area contributed by atoms with Crippen molar-refractivity contribution in [2.24, 2.45) is 0 Å². The fraction of sp³-hybridized carbons (Fsp3) is 0.480. The van der Waals surface area contributed by atoms with E-state index in [0.29, 0.717) is 17.5 Å². The van der Waals surface area contributed by atoms with Crippen molar-refractivity contribution in [2.45, 2.75) is 64.3 Å². The number of carbonyl (C=O) groups is 3. The lowest BCUT2D eigenvalue weighted by molar-refractivity contribution is -0.143. The van der Waals surface area contributed by atoms with Gasteiger partial charge in [-0.3, -0.25) is 4.79 Å². The first-order valence-electron chi connectivity index (χ1n) is 11.3. The van der Waals surface area contributed by atoms with Crippen LogP contribution < -0.4 is 0 Å². The highest BCUT2D eigenvalue weighted by atomic mass is 16.5. The zero-order valence-corrected chi connectivity index (χ0v) is 18.6. The van der Waals surface area contributed by atoms with Crippen LogP contribution in [0.2, 0.25) is 0 Å². The van der Waals surface area contributed by atoms with Crippen molar-refractivity contribution in [1.82, 2.24) is 4.57 Å². The molecule has 0 atom stereocenters. The number of aromatic carboxylic acids is 1. The molecule has 0 amide bonds. The lowest BCUT2D eigenvalue weighted by Crippen LogP contribution is -2.17. The van der Waals surface area contributed by atoms with Crippen molar-refractivity contribution < 1.29 is 29.0 Å². The van der Waals surface area contributed by atoms with E-state index in [4.69, 9.17) is 9.47 Å². The molecule has 2 aromatic rings. The standard InChI is InChI=1S/C25H29NO6/c1-3-32-21(27)14-26-20-13-16(24(28)29)11-12-19(20)22(23(26)15-7-4-5-8-15)17-9-6-10-18(17)25(30)31-2/h11-13,15H,3-10,14H2,1-2H3,(H,28,29). The zero-order chi connectivity index (χ0) is 22.8. The lowest BCUT2D eigenvalue weighted by Gasteiger charge is -2.18. The molecule has 0 bridgehead atoms. The van der Waals surface area contributed by atoms with Gasteiger partial charge in [-0.05, 0) is 62.7 Å². The molecule has 4 rings (SSSR count). The highest BCUT2D eigenvalue weighted by Gasteiger charge is 2.33. The summed E-state index contributed by atoms with van der Waals surface area (Å²) in [5.74, 6) is -1.45. The highest BCUT2D eigenvalue weighted by molar-refractivity contribution is 6.06. The number of carboxylic acids is 1. The van der Waals surface area contributed by atoms with Gasteiger partial charge in [0, 0.05) is 22.2 Å². The van der Waals surface area contributed by atoms with Gasteiger partial charge in [0.1, 0.15) is 6.54 Å². The molecular weight excluding hydrogens is 410 g/mol. The molecule has 1 aromatic carbocycles. The topological polar surface area (TPSA) is 94.8 Å². The molecule has 2 aliphatic rings. The van der Waals surface area contributed by atoms with Gasteiger partial charge in [-0.1, -0.05) is 18.9 Å². The number of hydrogen-bond acceptors (Lipinski definition) is 5. The van der Waals surface area contributed by atoms with Crippen LogP contribution in [0.25, 0.3) is 16.5 Å². The molecule has 7 heteroatoms. The Morgan fingerprint density at radius 2 is 1.88 bits per heavy atom. The third-order valence-electron chi connectivity index (χ3n) is 6.64. The second kappa shape index (κ2) is 9.18. The molecule has 2 aliphatic carbocycles. The monoisotopic (exact) mass is 439 g/mol. The molecule has 7 nitrogen and oxygen atoms in total. The Morgan fingerprint density at radius 1 is 1.12 bits per heavy atom. The summed E-state index contributed by atoms with van der Waals surface area (Å²) < 4.78 is 12.2. The molecular formula is C25H29NO6. The maximum atomic E-state index is 12.5. The molecule has 0 aliphatic heterocycles. The molecule has 0 saturated heterocycles. The van der Waals surface area contributed by atoms with Gasteiger partial charge < -0.3 is 19.1 Å². The summed E-state index contributed by atoms with van der Waals surface area (Å²) in [6.45, 7) is 2.06. The molecule has 32 heavy (non-hydrogen) atoms. The van der Waals surface area contributed by atoms with Crippen LogP contribution in [0, 0.1) is 0 Å². The number of nitrogens with zero attached hydrogens (tertiary/aromatic N) is 1. The summed E-state index contributed by atoms with van der Waals surface area (Å²) >= 11 is 0. The Balaban J connectivity index is 2.03. The molecule has 1 aromatic heterocycles. The number of carbonyl (C=O) groups excluding carboxylic acids is 2. The van der Waals surface area contributed by atoms with Crippen LogP contribution in [-0.2, 0) is 25.6 Å². The number of carboxylic acid groups (broad SMARTS) is 1. The number of fused-ring (bicyclic) bond motifs is 1. The molecule has 0 unspecified atom stereocenters. The van der Waals surface area contributed by atoms with Gasteiger partial charge in [0.15, 0.2) is 0 Å². The van der Waals surface area contributed by atoms with E-state index in [1.807, 2.05) is 10.6 Å². The van der Waals surface area contributed by atoms with E-state index in [0.717, 1.165) is 60.7 Å². The SMILES string of the molecule is CCOC(=O)Cn1c(C2CCCC2)c(C2=C(C(=O)OC)CCC2)c2ccc(C(=O)O)cc21. The van der Waals surface area contributed by atoms with Crippen molar-refractivity contribution >= 4 is 34.4 Å². The maximum Gasteiger partial charge on any atom is 0.335 e. The molecule has 170 valence electrons. The van der Waals surface area contributed by atoms with Crippen LogP contribution >= 0.6 is 0 Å². The smallest absolute Gasteiger partial charge is 0.335 e. The summed E-state index contributed by atoms with van der Waals surface area (Å²) in [5.41, 5.74) is 4.51. The first kappa shape index (κ1) is 22.1. The number of hydrogen-bond donors (Lipinski definition) is 1. The number of aromatic nitrogens is 1. The predicted molar refractivity (Wildman–Crippen MR) is 120 cm³/mol. The Morgan fingerprint density at radius 3 is 2.53 bits per heavy atom. The Bertz CT molecular complexity index is 1100. The third kappa shape index (κ3) is 3.92. The first-order valence-corrected chi connectivity index (χ1v) is 11.3. The van der Waals surface area contributed by atoms with Gasteiger partial charge >= 0.3 is 17.9 Å². The number of ether oxygens (including phenoxy) is 2. The fourth-order valence-corrected chi connectivity index (χ4v) is 5.32. The minimum atomic E-state index is -1.02. The van der Waals surface area contributed by atoms with Crippen LogP contribution in [0.3, 0.4) is 0 Å². The molecule has 1 N–H and O–H groups in total. The van der Waals surface area contributed by atoms with E-state index >= 15 is 0 Å². The molecule has 1 fully saturated rings.